The highest BCUT2D eigenvalue weighted by Gasteiger charge is 2.56. The predicted molar refractivity (Wildman–Crippen MR) is 85.9 cm³/mol. The summed E-state index contributed by atoms with van der Waals surface area (Å²) in [5.74, 6) is 0. The molecule has 0 bridgehead atoms. The van der Waals surface area contributed by atoms with E-state index in [1.54, 1.807) is 17.1 Å². The Bertz CT molecular complexity index is 499. The molecule has 3 rings (SSSR count). The number of ether oxygens (including phenoxy) is 1. The van der Waals surface area contributed by atoms with Crippen LogP contribution in [0, 0.1) is 5.41 Å². The first kappa shape index (κ1) is 16.2. The van der Waals surface area contributed by atoms with E-state index < -0.39 is 0 Å². The molecule has 2 saturated carbocycles. The van der Waals surface area contributed by atoms with Crippen LogP contribution >= 0.6 is 0 Å². The normalized spacial score (nSPS) is 25.8. The fourth-order valence-electron chi connectivity index (χ4n) is 4.11. The molecule has 7 heteroatoms. The Morgan fingerprint density at radius 2 is 2.22 bits per heavy atom. The van der Waals surface area contributed by atoms with Crippen molar-refractivity contribution in [2.45, 2.75) is 64.1 Å². The highest BCUT2D eigenvalue weighted by atomic mass is 16.5. The number of aromatic nitrogens is 3. The summed E-state index contributed by atoms with van der Waals surface area (Å²) in [4.78, 5) is 12.2. The van der Waals surface area contributed by atoms with Crippen molar-refractivity contribution in [1.82, 2.24) is 25.6 Å². The van der Waals surface area contributed by atoms with Gasteiger partial charge in [0.25, 0.3) is 0 Å². The van der Waals surface area contributed by atoms with E-state index in [9.17, 15) is 4.79 Å². The van der Waals surface area contributed by atoms with Gasteiger partial charge in [-0.3, -0.25) is 4.68 Å². The zero-order valence-electron chi connectivity index (χ0n) is 13.8. The topological polar surface area (TPSA) is 81.1 Å². The maximum atomic E-state index is 12.2. The molecule has 7 nitrogen and oxygen atoms in total. The molecule has 0 radical (unpaired) electrons. The molecule has 2 atom stereocenters. The molecule has 0 unspecified atom stereocenters. The van der Waals surface area contributed by atoms with Gasteiger partial charge in [0.2, 0.25) is 0 Å². The second kappa shape index (κ2) is 7.29. The van der Waals surface area contributed by atoms with E-state index in [-0.39, 0.29) is 17.5 Å². The number of nitrogens with zero attached hydrogens (tertiary/aromatic N) is 3. The monoisotopic (exact) mass is 321 g/mol. The van der Waals surface area contributed by atoms with Crippen molar-refractivity contribution in [2.75, 3.05) is 13.2 Å². The number of rotatable bonds is 6. The fourth-order valence-corrected chi connectivity index (χ4v) is 4.11. The van der Waals surface area contributed by atoms with Crippen molar-refractivity contribution in [3.8, 4) is 0 Å². The highest BCUT2D eigenvalue weighted by molar-refractivity contribution is 5.74. The average Bonchev–Trinajstić information content (AvgIpc) is 3.08. The van der Waals surface area contributed by atoms with Crippen LogP contribution in [0.1, 0.15) is 45.4 Å². The third-order valence-electron chi connectivity index (χ3n) is 5.34. The molecule has 0 aromatic carbocycles. The Balaban J connectivity index is 1.47. The SMILES string of the molecule is CCO[C@H]1C[C@@H](NC(=O)NCCn2ccnn2)C12CCCCC2. The van der Waals surface area contributed by atoms with E-state index in [2.05, 4.69) is 20.9 Å². The first-order valence-corrected chi connectivity index (χ1v) is 8.74. The van der Waals surface area contributed by atoms with Gasteiger partial charge in [0.1, 0.15) is 0 Å². The Hall–Kier alpha value is -1.63. The first-order chi connectivity index (χ1) is 11.2. The van der Waals surface area contributed by atoms with Crippen LogP contribution in [0.25, 0.3) is 0 Å². The lowest BCUT2D eigenvalue weighted by atomic mass is 9.55. The average molecular weight is 321 g/mol. The van der Waals surface area contributed by atoms with Crippen molar-refractivity contribution in [3.05, 3.63) is 12.4 Å². The summed E-state index contributed by atoms with van der Waals surface area (Å²) < 4.78 is 7.63. The van der Waals surface area contributed by atoms with Gasteiger partial charge in [-0.25, -0.2) is 4.79 Å². The van der Waals surface area contributed by atoms with E-state index in [0.29, 0.717) is 19.2 Å². The van der Waals surface area contributed by atoms with Gasteiger partial charge in [-0.05, 0) is 26.2 Å². The Kier molecular flexibility index (Phi) is 5.15. The van der Waals surface area contributed by atoms with Crippen LogP contribution in [0.15, 0.2) is 12.4 Å². The molecule has 2 fully saturated rings. The standard InChI is InChI=1S/C16H27N5O2/c1-2-23-14-12-13(16(14)6-4-3-5-7-16)19-15(22)17-8-10-21-11-9-18-20-21/h9,11,13-14H,2-8,10,12H2,1H3,(H2,17,19,22)/t13-,14+/m1/s1. The number of amides is 2. The van der Waals surface area contributed by atoms with Crippen molar-refractivity contribution in [2.24, 2.45) is 5.41 Å². The molecular formula is C16H27N5O2. The van der Waals surface area contributed by atoms with Crippen molar-refractivity contribution in [3.63, 3.8) is 0 Å². The molecule has 1 spiro atoms. The number of carbonyl (C=O) groups is 1. The van der Waals surface area contributed by atoms with Crippen LogP contribution in [0.5, 0.6) is 0 Å². The fraction of sp³-hybridized carbons (Fsp3) is 0.812. The van der Waals surface area contributed by atoms with Crippen LogP contribution in [0.4, 0.5) is 4.79 Å². The molecule has 2 aliphatic carbocycles. The van der Waals surface area contributed by atoms with Gasteiger partial charge in [0.15, 0.2) is 0 Å². The molecule has 1 heterocycles. The quantitative estimate of drug-likeness (QED) is 0.836. The smallest absolute Gasteiger partial charge is 0.315 e. The van der Waals surface area contributed by atoms with Gasteiger partial charge >= 0.3 is 6.03 Å². The number of urea groups is 1. The molecule has 128 valence electrons. The summed E-state index contributed by atoms with van der Waals surface area (Å²) in [5.41, 5.74) is 0.164. The van der Waals surface area contributed by atoms with Crippen molar-refractivity contribution >= 4 is 6.03 Å². The van der Waals surface area contributed by atoms with Gasteiger partial charge in [-0.2, -0.15) is 0 Å². The van der Waals surface area contributed by atoms with Crippen LogP contribution in [-0.2, 0) is 11.3 Å². The molecule has 2 N–H and O–H groups in total. The maximum absolute atomic E-state index is 12.2. The largest absolute Gasteiger partial charge is 0.378 e. The summed E-state index contributed by atoms with van der Waals surface area (Å²) in [5, 5.41) is 13.7. The number of hydrogen-bond acceptors (Lipinski definition) is 4. The van der Waals surface area contributed by atoms with Gasteiger partial charge in [0, 0.05) is 30.8 Å². The summed E-state index contributed by atoms with van der Waals surface area (Å²) >= 11 is 0. The van der Waals surface area contributed by atoms with E-state index in [1.165, 1.54) is 32.1 Å². The lowest BCUT2D eigenvalue weighted by molar-refractivity contribution is -0.146. The number of carbonyl (C=O) groups excluding carboxylic acids is 1. The third kappa shape index (κ3) is 3.49. The van der Waals surface area contributed by atoms with Gasteiger partial charge < -0.3 is 15.4 Å². The minimum atomic E-state index is -0.0880. The molecular weight excluding hydrogens is 294 g/mol. The maximum Gasteiger partial charge on any atom is 0.315 e. The van der Waals surface area contributed by atoms with E-state index >= 15 is 0 Å². The third-order valence-corrected chi connectivity index (χ3v) is 5.34. The van der Waals surface area contributed by atoms with Gasteiger partial charge in [-0.15, -0.1) is 5.10 Å². The zero-order chi connectivity index (χ0) is 16.1. The number of nitrogens with one attached hydrogen (secondary N) is 2. The van der Waals surface area contributed by atoms with Crippen LogP contribution in [0.3, 0.4) is 0 Å². The molecule has 23 heavy (non-hydrogen) atoms. The molecule has 1 aromatic rings. The second-order valence-corrected chi connectivity index (χ2v) is 6.59. The summed E-state index contributed by atoms with van der Waals surface area (Å²) in [6.07, 6.45) is 10.8. The first-order valence-electron chi connectivity index (χ1n) is 8.74. The molecule has 0 aliphatic heterocycles. The van der Waals surface area contributed by atoms with Crippen LogP contribution < -0.4 is 10.6 Å². The summed E-state index contributed by atoms with van der Waals surface area (Å²) in [7, 11) is 0. The second-order valence-electron chi connectivity index (χ2n) is 6.59. The summed E-state index contributed by atoms with van der Waals surface area (Å²) in [6, 6.07) is 0.153. The van der Waals surface area contributed by atoms with Crippen molar-refractivity contribution in [1.29, 1.82) is 0 Å². The van der Waals surface area contributed by atoms with Crippen LogP contribution in [-0.4, -0.2) is 46.3 Å². The molecule has 2 amide bonds. The zero-order valence-corrected chi connectivity index (χ0v) is 13.8. The van der Waals surface area contributed by atoms with E-state index in [4.69, 9.17) is 4.74 Å². The minimum Gasteiger partial charge on any atom is -0.378 e. The predicted octanol–water partition coefficient (Wildman–Crippen LogP) is 1.71. The van der Waals surface area contributed by atoms with E-state index in [0.717, 1.165) is 13.0 Å². The van der Waals surface area contributed by atoms with Crippen LogP contribution in [0.2, 0.25) is 0 Å². The Morgan fingerprint density at radius 3 is 2.91 bits per heavy atom. The Labute approximate surface area is 137 Å². The Morgan fingerprint density at radius 1 is 1.39 bits per heavy atom. The van der Waals surface area contributed by atoms with Gasteiger partial charge in [-0.1, -0.05) is 24.5 Å². The molecule has 0 saturated heterocycles. The van der Waals surface area contributed by atoms with Crippen molar-refractivity contribution < 1.29 is 9.53 Å². The highest BCUT2D eigenvalue weighted by Crippen LogP contribution is 2.53. The minimum absolute atomic E-state index is 0.0880. The molecule has 1 aromatic heterocycles. The summed E-state index contributed by atoms with van der Waals surface area (Å²) in [6.45, 7) is 3.98. The molecule has 2 aliphatic rings. The van der Waals surface area contributed by atoms with Gasteiger partial charge in [0.05, 0.1) is 18.8 Å². The number of hydrogen-bond donors (Lipinski definition) is 2. The van der Waals surface area contributed by atoms with E-state index in [1.807, 2.05) is 6.92 Å². The lowest BCUT2D eigenvalue weighted by Crippen LogP contribution is -2.66. The lowest BCUT2D eigenvalue weighted by Gasteiger charge is -2.57.